The van der Waals surface area contributed by atoms with Crippen LogP contribution in [0.3, 0.4) is 0 Å². The predicted octanol–water partition coefficient (Wildman–Crippen LogP) is 2.69. The first-order valence-corrected chi connectivity index (χ1v) is 5.93. The summed E-state index contributed by atoms with van der Waals surface area (Å²) in [5.74, 6) is -2.40. The second kappa shape index (κ2) is 4.59. The third-order valence-corrected chi connectivity index (χ3v) is 2.67. The van der Waals surface area contributed by atoms with E-state index in [9.17, 15) is 29.9 Å². The maximum Gasteiger partial charge on any atom is 0.419 e. The molecule has 1 aromatic carbocycles. The molecule has 2 nitrogen and oxygen atoms in total. The molecule has 1 rings (SSSR count). The van der Waals surface area contributed by atoms with Gasteiger partial charge in [0.15, 0.2) is 0 Å². The highest BCUT2D eigenvalue weighted by Gasteiger charge is 2.33. The summed E-state index contributed by atoms with van der Waals surface area (Å²) < 4.78 is 82.0. The van der Waals surface area contributed by atoms with Gasteiger partial charge in [0.2, 0.25) is 0 Å². The minimum atomic E-state index is -4.81. The van der Waals surface area contributed by atoms with Gasteiger partial charge in [0.1, 0.15) is 5.82 Å². The Morgan fingerprint density at radius 1 is 1.18 bits per heavy atom. The highest BCUT2D eigenvalue weighted by atomic mass is 32.3. The van der Waals surface area contributed by atoms with E-state index < -0.39 is 33.5 Å². The molecule has 0 N–H and O–H groups in total. The Kier molecular flexibility index (Phi) is 3.75. The van der Waals surface area contributed by atoms with E-state index in [-0.39, 0.29) is 12.0 Å². The van der Waals surface area contributed by atoms with Crippen LogP contribution in [0.1, 0.15) is 11.1 Å². The predicted molar refractivity (Wildman–Crippen MR) is 50.0 cm³/mol. The zero-order valence-corrected chi connectivity index (χ0v) is 9.08. The van der Waals surface area contributed by atoms with Gasteiger partial charge in [0.25, 0.3) is 0 Å². The lowest BCUT2D eigenvalue weighted by molar-refractivity contribution is -0.140. The van der Waals surface area contributed by atoms with Crippen molar-refractivity contribution in [1.82, 2.24) is 0 Å². The Morgan fingerprint density at radius 2 is 1.76 bits per heavy atom. The number of hydrogen-bond donors (Lipinski definition) is 0. The SMILES string of the molecule is O=S(=O)(F)CCc1ccc(C(F)(F)F)c(F)c1. The molecule has 0 radical (unpaired) electrons. The minimum absolute atomic E-state index is 0.0169. The zero-order chi connectivity index (χ0) is 13.3. The fraction of sp³-hybridized carbons (Fsp3) is 0.333. The molecule has 96 valence electrons. The number of rotatable bonds is 3. The fourth-order valence-corrected chi connectivity index (χ4v) is 1.66. The van der Waals surface area contributed by atoms with Crippen molar-refractivity contribution in [2.45, 2.75) is 12.6 Å². The van der Waals surface area contributed by atoms with Crippen LogP contribution in [0.25, 0.3) is 0 Å². The summed E-state index contributed by atoms with van der Waals surface area (Å²) in [6.07, 6.45) is -5.19. The van der Waals surface area contributed by atoms with E-state index in [1.54, 1.807) is 0 Å². The summed E-state index contributed by atoms with van der Waals surface area (Å²) in [5, 5.41) is 0. The van der Waals surface area contributed by atoms with Gasteiger partial charge in [0, 0.05) is 0 Å². The molecule has 0 saturated carbocycles. The molecular weight excluding hydrogens is 267 g/mol. The average Bonchev–Trinajstić information content (AvgIpc) is 2.11. The zero-order valence-electron chi connectivity index (χ0n) is 8.26. The molecule has 0 aliphatic heterocycles. The largest absolute Gasteiger partial charge is 0.419 e. The van der Waals surface area contributed by atoms with Crippen LogP contribution in [-0.2, 0) is 22.8 Å². The lowest BCUT2D eigenvalue weighted by Gasteiger charge is -2.08. The van der Waals surface area contributed by atoms with E-state index in [0.717, 1.165) is 6.07 Å². The molecule has 0 atom stereocenters. The van der Waals surface area contributed by atoms with Crippen LogP contribution in [0.15, 0.2) is 18.2 Å². The number of hydrogen-bond acceptors (Lipinski definition) is 2. The van der Waals surface area contributed by atoms with E-state index in [1.165, 1.54) is 0 Å². The molecule has 0 amide bonds. The fourth-order valence-electron chi connectivity index (χ4n) is 1.18. The van der Waals surface area contributed by atoms with Crippen molar-refractivity contribution >= 4 is 10.2 Å². The lowest BCUT2D eigenvalue weighted by atomic mass is 10.1. The van der Waals surface area contributed by atoms with Crippen molar-refractivity contribution in [3.63, 3.8) is 0 Å². The van der Waals surface area contributed by atoms with Crippen molar-refractivity contribution in [2.75, 3.05) is 5.75 Å². The van der Waals surface area contributed by atoms with E-state index in [2.05, 4.69) is 0 Å². The number of benzene rings is 1. The summed E-state index contributed by atoms with van der Waals surface area (Å²) in [4.78, 5) is 0. The second-order valence-corrected chi connectivity index (χ2v) is 4.79. The summed E-state index contributed by atoms with van der Waals surface area (Å²) in [6, 6.07) is 1.96. The molecule has 0 spiro atoms. The van der Waals surface area contributed by atoms with Crippen molar-refractivity contribution < 1.29 is 29.9 Å². The highest BCUT2D eigenvalue weighted by molar-refractivity contribution is 7.86. The summed E-state index contributed by atoms with van der Waals surface area (Å²) in [7, 11) is -4.72. The first-order chi connectivity index (χ1) is 7.59. The summed E-state index contributed by atoms with van der Waals surface area (Å²) in [5.41, 5.74) is -1.46. The topological polar surface area (TPSA) is 34.1 Å². The van der Waals surface area contributed by atoms with Crippen molar-refractivity contribution in [1.29, 1.82) is 0 Å². The average molecular weight is 274 g/mol. The molecule has 0 aliphatic rings. The van der Waals surface area contributed by atoms with Gasteiger partial charge in [-0.25, -0.2) is 4.39 Å². The molecule has 0 fully saturated rings. The number of aryl methyl sites for hydroxylation is 1. The van der Waals surface area contributed by atoms with Gasteiger partial charge >= 0.3 is 16.4 Å². The first-order valence-electron chi connectivity index (χ1n) is 4.37. The van der Waals surface area contributed by atoms with Crippen molar-refractivity contribution in [3.8, 4) is 0 Å². The van der Waals surface area contributed by atoms with E-state index in [0.29, 0.717) is 12.1 Å². The first kappa shape index (κ1) is 13.9. The molecule has 0 aliphatic carbocycles. The van der Waals surface area contributed by atoms with Crippen LogP contribution in [0.4, 0.5) is 21.4 Å². The normalized spacial score (nSPS) is 12.8. The maximum absolute atomic E-state index is 13.0. The van der Waals surface area contributed by atoms with Gasteiger partial charge in [-0.2, -0.15) is 21.6 Å². The third-order valence-electron chi connectivity index (χ3n) is 1.97. The van der Waals surface area contributed by atoms with E-state index >= 15 is 0 Å². The van der Waals surface area contributed by atoms with Crippen molar-refractivity contribution in [3.05, 3.63) is 35.1 Å². The molecule has 0 unspecified atom stereocenters. The van der Waals surface area contributed by atoms with Gasteiger partial charge in [-0.05, 0) is 24.1 Å². The molecule has 0 aromatic heterocycles. The Hall–Kier alpha value is -1.18. The smallest absolute Gasteiger partial charge is 0.206 e. The van der Waals surface area contributed by atoms with Gasteiger partial charge in [-0.15, -0.1) is 3.89 Å². The van der Waals surface area contributed by atoms with Crippen LogP contribution in [0.5, 0.6) is 0 Å². The molecule has 0 saturated heterocycles. The monoisotopic (exact) mass is 274 g/mol. The van der Waals surface area contributed by atoms with Gasteiger partial charge < -0.3 is 0 Å². The Bertz CT molecular complexity index is 507. The summed E-state index contributed by atoms with van der Waals surface area (Å²) >= 11 is 0. The Labute approximate surface area is 94.3 Å². The van der Waals surface area contributed by atoms with Crippen LogP contribution in [0, 0.1) is 5.82 Å². The molecule has 8 heteroatoms. The summed E-state index contributed by atoms with van der Waals surface area (Å²) in [6.45, 7) is 0. The van der Waals surface area contributed by atoms with Crippen LogP contribution in [-0.4, -0.2) is 14.2 Å². The Balaban J connectivity index is 2.90. The molecule has 0 bridgehead atoms. The number of halogens is 5. The maximum atomic E-state index is 13.0. The second-order valence-electron chi connectivity index (χ2n) is 3.30. The number of alkyl halides is 3. The van der Waals surface area contributed by atoms with Gasteiger partial charge in [-0.1, -0.05) is 6.07 Å². The standard InChI is InChI=1S/C9H7F5O2S/c10-8-5-6(3-4-17(14,15)16)1-2-7(8)9(11,12)13/h1-2,5H,3-4H2. The Morgan fingerprint density at radius 3 is 2.18 bits per heavy atom. The van der Waals surface area contributed by atoms with Crippen LogP contribution < -0.4 is 0 Å². The van der Waals surface area contributed by atoms with Gasteiger partial charge in [0.05, 0.1) is 11.3 Å². The lowest BCUT2D eigenvalue weighted by Crippen LogP contribution is -2.09. The molecule has 0 heterocycles. The highest BCUT2D eigenvalue weighted by Crippen LogP contribution is 2.31. The van der Waals surface area contributed by atoms with Gasteiger partial charge in [-0.3, -0.25) is 0 Å². The third kappa shape index (κ3) is 4.29. The van der Waals surface area contributed by atoms with Crippen molar-refractivity contribution in [2.24, 2.45) is 0 Å². The quantitative estimate of drug-likeness (QED) is 0.627. The van der Waals surface area contributed by atoms with E-state index in [1.807, 2.05) is 0 Å². The van der Waals surface area contributed by atoms with Crippen LogP contribution in [0.2, 0.25) is 0 Å². The minimum Gasteiger partial charge on any atom is -0.206 e. The molecule has 17 heavy (non-hydrogen) atoms. The van der Waals surface area contributed by atoms with Crippen LogP contribution >= 0.6 is 0 Å². The molecule has 1 aromatic rings. The van der Waals surface area contributed by atoms with E-state index in [4.69, 9.17) is 0 Å². The molecular formula is C9H7F5O2S.